The molecule has 1 aliphatic rings. The average molecular weight is 369 g/mol. The number of carboxylic acid groups (broad SMARTS) is 1. The molecule has 0 unspecified atom stereocenters. The second-order valence-corrected chi connectivity index (χ2v) is 7.03. The number of carbonyl (C=O) groups is 4. The number of anilines is 1. The fourth-order valence-electron chi connectivity index (χ4n) is 2.71. The van der Waals surface area contributed by atoms with Gasteiger partial charge in [-0.05, 0) is 43.3 Å². The molecule has 1 N–H and O–H groups in total. The number of carbonyl (C=O) groups excluding carboxylic acids is 3. The first-order valence-corrected chi connectivity index (χ1v) is 8.73. The molecule has 1 saturated heterocycles. The molecule has 0 bridgehead atoms. The Hall–Kier alpha value is -2.93. The third-order valence-corrected chi connectivity index (χ3v) is 5.29. The number of aromatic carboxylic acids is 1. The van der Waals surface area contributed by atoms with Crippen molar-refractivity contribution in [1.82, 2.24) is 0 Å². The maximum atomic E-state index is 12.7. The van der Waals surface area contributed by atoms with Gasteiger partial charge in [0, 0.05) is 16.9 Å². The molecule has 3 rings (SSSR count). The Morgan fingerprint density at radius 2 is 1.73 bits per heavy atom. The minimum Gasteiger partial charge on any atom is -0.478 e. The largest absolute Gasteiger partial charge is 0.478 e. The Kier molecular flexibility index (Phi) is 4.90. The Bertz CT molecular complexity index is 906. The second-order valence-electron chi connectivity index (χ2n) is 5.78. The number of rotatable bonds is 5. The summed E-state index contributed by atoms with van der Waals surface area (Å²) in [5.74, 6) is -1.93. The van der Waals surface area contributed by atoms with Gasteiger partial charge in [-0.1, -0.05) is 12.1 Å². The van der Waals surface area contributed by atoms with Crippen LogP contribution in [0.5, 0.6) is 0 Å². The van der Waals surface area contributed by atoms with Gasteiger partial charge >= 0.3 is 5.97 Å². The van der Waals surface area contributed by atoms with E-state index in [1.165, 1.54) is 13.0 Å². The summed E-state index contributed by atoms with van der Waals surface area (Å²) >= 11 is 1.08. The van der Waals surface area contributed by atoms with Gasteiger partial charge in [-0.25, -0.2) is 9.69 Å². The summed E-state index contributed by atoms with van der Waals surface area (Å²) in [7, 11) is 0. The highest BCUT2D eigenvalue weighted by molar-refractivity contribution is 8.00. The highest BCUT2D eigenvalue weighted by Gasteiger charge is 2.40. The second kappa shape index (κ2) is 7.13. The van der Waals surface area contributed by atoms with E-state index in [9.17, 15) is 24.3 Å². The third-order valence-electron chi connectivity index (χ3n) is 4.02. The van der Waals surface area contributed by atoms with Gasteiger partial charge in [-0.15, -0.1) is 11.8 Å². The van der Waals surface area contributed by atoms with Crippen LogP contribution < -0.4 is 4.90 Å². The first-order chi connectivity index (χ1) is 12.4. The Balaban J connectivity index is 1.83. The number of imide groups is 1. The van der Waals surface area contributed by atoms with Crippen molar-refractivity contribution >= 4 is 41.0 Å². The molecule has 0 radical (unpaired) electrons. The van der Waals surface area contributed by atoms with Crippen LogP contribution in [0.4, 0.5) is 5.69 Å². The molecule has 0 aliphatic carbocycles. The number of ketones is 1. The van der Waals surface area contributed by atoms with Crippen LogP contribution >= 0.6 is 11.8 Å². The SMILES string of the molecule is CC(=O)c1ccc(N2C(=O)C[C@H](Sc3ccccc3C(=O)O)C2=O)cc1. The summed E-state index contributed by atoms with van der Waals surface area (Å²) in [6.45, 7) is 1.44. The van der Waals surface area contributed by atoms with E-state index in [1.54, 1.807) is 42.5 Å². The topological polar surface area (TPSA) is 91.8 Å². The zero-order chi connectivity index (χ0) is 18.8. The molecule has 7 heteroatoms. The van der Waals surface area contributed by atoms with E-state index in [1.807, 2.05) is 0 Å². The summed E-state index contributed by atoms with van der Waals surface area (Å²) in [6.07, 6.45) is -0.00802. The lowest BCUT2D eigenvalue weighted by molar-refractivity contribution is -0.121. The molecule has 2 aromatic rings. The first kappa shape index (κ1) is 17.9. The Labute approximate surface area is 153 Å². The zero-order valence-corrected chi connectivity index (χ0v) is 14.7. The van der Waals surface area contributed by atoms with Gasteiger partial charge in [0.15, 0.2) is 5.78 Å². The van der Waals surface area contributed by atoms with Crippen molar-refractivity contribution in [3.05, 3.63) is 59.7 Å². The molecule has 0 spiro atoms. The lowest BCUT2D eigenvalue weighted by Crippen LogP contribution is -2.31. The van der Waals surface area contributed by atoms with Crippen LogP contribution in [0.3, 0.4) is 0 Å². The summed E-state index contributed by atoms with van der Waals surface area (Å²) in [5, 5.41) is 8.57. The van der Waals surface area contributed by atoms with Gasteiger partial charge in [0.2, 0.25) is 11.8 Å². The molecule has 6 nitrogen and oxygen atoms in total. The van der Waals surface area contributed by atoms with Gasteiger partial charge in [0.05, 0.1) is 16.5 Å². The smallest absolute Gasteiger partial charge is 0.336 e. The summed E-state index contributed by atoms with van der Waals surface area (Å²) in [6, 6.07) is 12.6. The molecule has 132 valence electrons. The van der Waals surface area contributed by atoms with Gasteiger partial charge in [0.25, 0.3) is 0 Å². The van der Waals surface area contributed by atoms with E-state index in [4.69, 9.17) is 0 Å². The lowest BCUT2D eigenvalue weighted by Gasteiger charge is -2.15. The summed E-state index contributed by atoms with van der Waals surface area (Å²) < 4.78 is 0. The Morgan fingerprint density at radius 3 is 2.35 bits per heavy atom. The molecule has 1 fully saturated rings. The van der Waals surface area contributed by atoms with E-state index in [-0.39, 0.29) is 23.7 Å². The molecule has 1 aliphatic heterocycles. The molecule has 2 amide bonds. The molecule has 0 saturated carbocycles. The van der Waals surface area contributed by atoms with Crippen molar-refractivity contribution in [2.75, 3.05) is 4.90 Å². The number of hydrogen-bond acceptors (Lipinski definition) is 5. The molecule has 1 atom stereocenters. The quantitative estimate of drug-likeness (QED) is 0.643. The molecule has 0 aromatic heterocycles. The van der Waals surface area contributed by atoms with Crippen molar-refractivity contribution < 1.29 is 24.3 Å². The predicted octanol–water partition coefficient (Wildman–Crippen LogP) is 3.01. The van der Waals surface area contributed by atoms with Gasteiger partial charge in [-0.2, -0.15) is 0 Å². The maximum absolute atomic E-state index is 12.7. The Morgan fingerprint density at radius 1 is 1.08 bits per heavy atom. The molecule has 26 heavy (non-hydrogen) atoms. The van der Waals surface area contributed by atoms with E-state index in [0.29, 0.717) is 16.1 Å². The fraction of sp³-hybridized carbons (Fsp3) is 0.158. The normalized spacial score (nSPS) is 16.8. The number of nitrogens with zero attached hydrogens (tertiary/aromatic N) is 1. The van der Waals surface area contributed by atoms with Gasteiger partial charge in [0.1, 0.15) is 0 Å². The fourth-order valence-corrected chi connectivity index (χ4v) is 3.89. The van der Waals surface area contributed by atoms with E-state index < -0.39 is 17.1 Å². The van der Waals surface area contributed by atoms with Crippen LogP contribution in [0.2, 0.25) is 0 Å². The zero-order valence-electron chi connectivity index (χ0n) is 13.8. The van der Waals surface area contributed by atoms with Crippen molar-refractivity contribution in [1.29, 1.82) is 0 Å². The van der Waals surface area contributed by atoms with Crippen LogP contribution in [0, 0.1) is 0 Å². The van der Waals surface area contributed by atoms with Crippen LogP contribution in [-0.2, 0) is 9.59 Å². The van der Waals surface area contributed by atoms with Crippen LogP contribution in [-0.4, -0.2) is 33.9 Å². The standard InChI is InChI=1S/C19H15NO5S/c1-11(21)12-6-8-13(9-7-12)20-17(22)10-16(18(20)23)26-15-5-3-2-4-14(15)19(24)25/h2-9,16H,10H2,1H3,(H,24,25)/t16-/m0/s1. The number of thioether (sulfide) groups is 1. The van der Waals surface area contributed by atoms with Crippen LogP contribution in [0.1, 0.15) is 34.1 Å². The third kappa shape index (κ3) is 3.39. The minimum atomic E-state index is -1.08. The maximum Gasteiger partial charge on any atom is 0.336 e. The summed E-state index contributed by atoms with van der Waals surface area (Å²) in [4.78, 5) is 49.2. The summed E-state index contributed by atoms with van der Waals surface area (Å²) in [5.41, 5.74) is 0.996. The molecule has 1 heterocycles. The minimum absolute atomic E-state index is 0.00802. The van der Waals surface area contributed by atoms with E-state index in [2.05, 4.69) is 0 Å². The van der Waals surface area contributed by atoms with Gasteiger partial charge < -0.3 is 5.11 Å². The number of carboxylic acids is 1. The lowest BCUT2D eigenvalue weighted by atomic mass is 10.1. The van der Waals surface area contributed by atoms with Crippen LogP contribution in [0.25, 0.3) is 0 Å². The van der Waals surface area contributed by atoms with Gasteiger partial charge in [-0.3, -0.25) is 14.4 Å². The number of amides is 2. The first-order valence-electron chi connectivity index (χ1n) is 7.85. The van der Waals surface area contributed by atoms with Crippen molar-refractivity contribution in [2.45, 2.75) is 23.5 Å². The van der Waals surface area contributed by atoms with Crippen molar-refractivity contribution in [3.63, 3.8) is 0 Å². The van der Waals surface area contributed by atoms with Crippen molar-refractivity contribution in [3.8, 4) is 0 Å². The average Bonchev–Trinajstić information content (AvgIpc) is 2.89. The number of Topliss-reactive ketones (excluding diaryl/α,β-unsaturated/α-hetero) is 1. The predicted molar refractivity (Wildman–Crippen MR) is 96.6 cm³/mol. The molecule has 2 aromatic carbocycles. The molecular formula is C19H15NO5S. The number of hydrogen-bond donors (Lipinski definition) is 1. The highest BCUT2D eigenvalue weighted by atomic mass is 32.2. The van der Waals surface area contributed by atoms with E-state index >= 15 is 0 Å². The highest BCUT2D eigenvalue weighted by Crippen LogP contribution is 2.35. The number of benzene rings is 2. The monoisotopic (exact) mass is 369 g/mol. The van der Waals surface area contributed by atoms with E-state index in [0.717, 1.165) is 16.7 Å². The molecular weight excluding hydrogens is 354 g/mol. The van der Waals surface area contributed by atoms with Crippen LogP contribution in [0.15, 0.2) is 53.4 Å². The van der Waals surface area contributed by atoms with Crippen molar-refractivity contribution in [2.24, 2.45) is 0 Å².